The molecule has 0 unspecified atom stereocenters. The van der Waals surface area contributed by atoms with E-state index in [0.29, 0.717) is 6.07 Å². The van der Waals surface area contributed by atoms with Crippen LogP contribution in [0, 0.1) is 10.1 Å². The van der Waals surface area contributed by atoms with Gasteiger partial charge in [0.2, 0.25) is 0 Å². The SMILES string of the molecule is O=C(O)c1cc([N+](=O)[O-])c2ccccc2c1OS(=O)(=O)C(F)(F)F. The highest BCUT2D eigenvalue weighted by Gasteiger charge is 2.49. The largest absolute Gasteiger partial charge is 0.534 e. The van der Waals surface area contributed by atoms with E-state index in [1.807, 2.05) is 0 Å². The molecule has 0 fully saturated rings. The van der Waals surface area contributed by atoms with E-state index < -0.39 is 48.9 Å². The Balaban J connectivity index is 2.87. The van der Waals surface area contributed by atoms with E-state index in [2.05, 4.69) is 4.18 Å². The second-order valence-electron chi connectivity index (χ2n) is 4.36. The number of aromatic carboxylic acids is 1. The lowest BCUT2D eigenvalue weighted by molar-refractivity contribution is -0.383. The molecule has 0 saturated heterocycles. The summed E-state index contributed by atoms with van der Waals surface area (Å²) in [5.41, 5.74) is -7.61. The van der Waals surface area contributed by atoms with E-state index in [1.165, 1.54) is 12.1 Å². The molecule has 0 bridgehead atoms. The Hall–Kier alpha value is -2.89. The average Bonchev–Trinajstić information content (AvgIpc) is 2.45. The summed E-state index contributed by atoms with van der Waals surface area (Å²) in [5.74, 6) is -3.04. The van der Waals surface area contributed by atoms with Crippen molar-refractivity contribution in [3.05, 3.63) is 46.0 Å². The van der Waals surface area contributed by atoms with Crippen molar-refractivity contribution >= 4 is 32.5 Å². The van der Waals surface area contributed by atoms with E-state index in [1.54, 1.807) is 0 Å². The number of nitro benzene ring substituents is 1. The van der Waals surface area contributed by atoms with E-state index >= 15 is 0 Å². The van der Waals surface area contributed by atoms with Gasteiger partial charge in [-0.1, -0.05) is 18.2 Å². The lowest BCUT2D eigenvalue weighted by Gasteiger charge is -2.13. The molecular formula is C12H6F3NO7S. The Bertz CT molecular complexity index is 953. The number of benzene rings is 2. The lowest BCUT2D eigenvalue weighted by Crippen LogP contribution is -2.28. The summed E-state index contributed by atoms with van der Waals surface area (Å²) in [6.07, 6.45) is 0. The fourth-order valence-corrected chi connectivity index (χ4v) is 2.38. The van der Waals surface area contributed by atoms with Crippen molar-refractivity contribution in [2.45, 2.75) is 5.51 Å². The van der Waals surface area contributed by atoms with Gasteiger partial charge in [0, 0.05) is 11.5 Å². The number of alkyl halides is 3. The van der Waals surface area contributed by atoms with Crippen LogP contribution in [-0.4, -0.2) is 29.9 Å². The van der Waals surface area contributed by atoms with Crippen LogP contribution >= 0.6 is 0 Å². The Morgan fingerprint density at radius 1 is 1.21 bits per heavy atom. The second kappa shape index (κ2) is 5.63. The van der Waals surface area contributed by atoms with Gasteiger partial charge in [-0.3, -0.25) is 10.1 Å². The van der Waals surface area contributed by atoms with Crippen LogP contribution in [0.3, 0.4) is 0 Å². The van der Waals surface area contributed by atoms with Gasteiger partial charge in [-0.05, 0) is 6.07 Å². The molecule has 8 nitrogen and oxygen atoms in total. The first-order valence-electron chi connectivity index (χ1n) is 5.90. The maximum atomic E-state index is 12.5. The third kappa shape index (κ3) is 2.95. The topological polar surface area (TPSA) is 124 Å². The van der Waals surface area contributed by atoms with Crippen molar-refractivity contribution in [2.24, 2.45) is 0 Å². The molecule has 0 aromatic heterocycles. The molecule has 0 aliphatic heterocycles. The van der Waals surface area contributed by atoms with Crippen molar-refractivity contribution in [1.29, 1.82) is 0 Å². The Morgan fingerprint density at radius 2 is 1.75 bits per heavy atom. The zero-order valence-electron chi connectivity index (χ0n) is 11.3. The minimum atomic E-state index is -6.16. The second-order valence-corrected chi connectivity index (χ2v) is 5.90. The molecule has 0 radical (unpaired) electrons. The number of nitrogens with zero attached hydrogens (tertiary/aromatic N) is 1. The zero-order chi connectivity index (χ0) is 18.3. The molecule has 0 spiro atoms. The van der Waals surface area contributed by atoms with Crippen LogP contribution < -0.4 is 4.18 Å². The summed E-state index contributed by atoms with van der Waals surface area (Å²) < 4.78 is 63.8. The molecule has 2 aromatic rings. The number of nitro groups is 1. The highest BCUT2D eigenvalue weighted by molar-refractivity contribution is 7.88. The molecule has 0 amide bonds. The van der Waals surface area contributed by atoms with Crippen LogP contribution in [0.4, 0.5) is 18.9 Å². The number of carbonyl (C=O) groups is 1. The summed E-state index contributed by atoms with van der Waals surface area (Å²) in [6, 6.07) is 5.09. The first-order valence-corrected chi connectivity index (χ1v) is 7.30. The minimum Gasteiger partial charge on any atom is -0.478 e. The Morgan fingerprint density at radius 3 is 2.21 bits per heavy atom. The number of carboxylic acid groups (broad SMARTS) is 1. The molecular weight excluding hydrogens is 359 g/mol. The van der Waals surface area contributed by atoms with Crippen molar-refractivity contribution in [3.63, 3.8) is 0 Å². The van der Waals surface area contributed by atoms with Gasteiger partial charge in [0.1, 0.15) is 5.56 Å². The van der Waals surface area contributed by atoms with Gasteiger partial charge in [0.15, 0.2) is 5.75 Å². The predicted octanol–water partition coefficient (Wildman–Crippen LogP) is 2.67. The van der Waals surface area contributed by atoms with Gasteiger partial charge in [-0.15, -0.1) is 0 Å². The van der Waals surface area contributed by atoms with Crippen LogP contribution in [0.5, 0.6) is 5.75 Å². The average molecular weight is 365 g/mol. The van der Waals surface area contributed by atoms with Crippen molar-refractivity contribution in [1.82, 2.24) is 0 Å². The molecule has 2 rings (SSSR count). The number of halogens is 3. The Kier molecular flexibility index (Phi) is 4.10. The molecule has 24 heavy (non-hydrogen) atoms. The molecule has 12 heteroatoms. The number of carboxylic acids is 1. The Labute approximate surface area is 131 Å². The van der Waals surface area contributed by atoms with Crippen LogP contribution in [0.25, 0.3) is 10.8 Å². The van der Waals surface area contributed by atoms with Crippen LogP contribution in [0.2, 0.25) is 0 Å². The number of fused-ring (bicyclic) bond motifs is 1. The maximum Gasteiger partial charge on any atom is 0.534 e. The summed E-state index contributed by atoms with van der Waals surface area (Å²) in [4.78, 5) is 21.3. The number of hydrogen-bond donors (Lipinski definition) is 1. The van der Waals surface area contributed by atoms with Crippen LogP contribution in [0.15, 0.2) is 30.3 Å². The molecule has 1 N–H and O–H groups in total. The number of hydrogen-bond acceptors (Lipinski definition) is 6. The van der Waals surface area contributed by atoms with Gasteiger partial charge < -0.3 is 9.29 Å². The lowest BCUT2D eigenvalue weighted by atomic mass is 10.0. The van der Waals surface area contributed by atoms with Crippen molar-refractivity contribution in [3.8, 4) is 5.75 Å². The normalized spacial score (nSPS) is 12.1. The smallest absolute Gasteiger partial charge is 0.478 e. The van der Waals surface area contributed by atoms with Gasteiger partial charge >= 0.3 is 21.6 Å². The number of rotatable bonds is 4. The zero-order valence-corrected chi connectivity index (χ0v) is 12.1. The van der Waals surface area contributed by atoms with E-state index in [9.17, 15) is 36.5 Å². The van der Waals surface area contributed by atoms with Crippen LogP contribution in [0.1, 0.15) is 10.4 Å². The van der Waals surface area contributed by atoms with Crippen molar-refractivity contribution in [2.75, 3.05) is 0 Å². The van der Waals surface area contributed by atoms with Crippen molar-refractivity contribution < 1.29 is 40.6 Å². The first-order chi connectivity index (χ1) is 11.0. The summed E-state index contributed by atoms with van der Waals surface area (Å²) in [5, 5.41) is 19.3. The summed E-state index contributed by atoms with van der Waals surface area (Å²) >= 11 is 0. The quantitative estimate of drug-likeness (QED) is 0.382. The fraction of sp³-hybridized carbons (Fsp3) is 0.0833. The minimum absolute atomic E-state index is 0.278. The first kappa shape index (κ1) is 17.5. The van der Waals surface area contributed by atoms with Gasteiger partial charge in [-0.2, -0.15) is 21.6 Å². The summed E-state index contributed by atoms with van der Waals surface area (Å²) in [6.45, 7) is 0. The van der Waals surface area contributed by atoms with Gasteiger partial charge in [0.25, 0.3) is 5.69 Å². The highest BCUT2D eigenvalue weighted by atomic mass is 32.2. The summed E-state index contributed by atoms with van der Waals surface area (Å²) in [7, 11) is -6.16. The maximum absolute atomic E-state index is 12.5. The van der Waals surface area contributed by atoms with Crippen LogP contribution in [-0.2, 0) is 10.1 Å². The molecule has 2 aromatic carbocycles. The molecule has 0 aliphatic rings. The van der Waals surface area contributed by atoms with E-state index in [4.69, 9.17) is 5.11 Å². The molecule has 128 valence electrons. The third-order valence-electron chi connectivity index (χ3n) is 2.88. The monoisotopic (exact) mass is 365 g/mol. The molecule has 0 atom stereocenters. The molecule has 0 saturated carbocycles. The van der Waals surface area contributed by atoms with E-state index in [0.717, 1.165) is 12.1 Å². The molecule has 0 heterocycles. The van der Waals surface area contributed by atoms with Gasteiger partial charge in [0.05, 0.1) is 10.3 Å². The third-order valence-corrected chi connectivity index (χ3v) is 3.83. The predicted molar refractivity (Wildman–Crippen MR) is 73.2 cm³/mol. The van der Waals surface area contributed by atoms with Gasteiger partial charge in [-0.25, -0.2) is 4.79 Å². The molecule has 0 aliphatic carbocycles. The number of non-ortho nitro benzene ring substituents is 1. The standard InChI is InChI=1S/C12H6F3NO7S/c13-12(14,15)24(21,22)23-10-7-4-2-1-3-6(7)9(16(19)20)5-8(10)11(17)18/h1-5H,(H,17,18). The fourth-order valence-electron chi connectivity index (χ4n) is 1.89. The van der Waals surface area contributed by atoms with E-state index in [-0.39, 0.29) is 5.39 Å². The highest BCUT2D eigenvalue weighted by Crippen LogP contribution is 2.39.